The van der Waals surface area contributed by atoms with Crippen molar-refractivity contribution in [1.82, 2.24) is 14.5 Å². The number of benzene rings is 1. The van der Waals surface area contributed by atoms with Crippen LogP contribution < -0.4 is 5.32 Å². The van der Waals surface area contributed by atoms with Crippen molar-refractivity contribution in [3.8, 4) is 0 Å². The van der Waals surface area contributed by atoms with Gasteiger partial charge in [-0.2, -0.15) is 0 Å². The zero-order valence-corrected chi connectivity index (χ0v) is 18.5. The van der Waals surface area contributed by atoms with E-state index in [1.54, 1.807) is 12.1 Å². The average molecular weight is 394 g/mol. The quantitative estimate of drug-likeness (QED) is 0.640. The molecule has 1 atom stereocenters. The van der Waals surface area contributed by atoms with Gasteiger partial charge >= 0.3 is 6.03 Å². The van der Waals surface area contributed by atoms with Gasteiger partial charge in [-0.1, -0.05) is 59.6 Å². The molecule has 1 rings (SSSR count). The van der Waals surface area contributed by atoms with Gasteiger partial charge in [-0.05, 0) is 62.5 Å². The predicted octanol–water partition coefficient (Wildman–Crippen LogP) is 4.49. The smallest absolute Gasteiger partial charge is 0.334 e. The van der Waals surface area contributed by atoms with Crippen LogP contribution in [0.15, 0.2) is 24.3 Å². The van der Waals surface area contributed by atoms with E-state index in [1.807, 2.05) is 19.1 Å². The molecule has 1 aromatic carbocycles. The molecular formula is C21H35N3O2S. The number of hydrogen-bond donors (Lipinski definition) is 2. The summed E-state index contributed by atoms with van der Waals surface area (Å²) in [5.74, 6) is -0.424. The van der Waals surface area contributed by atoms with Gasteiger partial charge < -0.3 is 10.2 Å². The molecule has 0 aliphatic carbocycles. The first kappa shape index (κ1) is 23.5. The molecule has 0 saturated heterocycles. The molecule has 0 aromatic heterocycles. The van der Waals surface area contributed by atoms with Crippen LogP contribution in [-0.4, -0.2) is 46.8 Å². The Bertz CT molecular complexity index is 607. The second-order valence-corrected chi connectivity index (χ2v) is 8.36. The Morgan fingerprint density at radius 2 is 1.67 bits per heavy atom. The minimum absolute atomic E-state index is 0.0141. The molecule has 1 unspecified atom stereocenters. The molecule has 0 aliphatic rings. The maximum atomic E-state index is 12.5. The molecule has 0 radical (unpaired) electrons. The van der Waals surface area contributed by atoms with E-state index in [9.17, 15) is 9.59 Å². The van der Waals surface area contributed by atoms with Crippen LogP contribution in [-0.2, 0) is 5.41 Å². The first-order valence-electron chi connectivity index (χ1n) is 9.76. The van der Waals surface area contributed by atoms with Crippen LogP contribution >= 0.6 is 12.8 Å². The van der Waals surface area contributed by atoms with Crippen LogP contribution in [0, 0.1) is 0 Å². The predicted molar refractivity (Wildman–Crippen MR) is 115 cm³/mol. The third-order valence-corrected chi connectivity index (χ3v) is 5.12. The van der Waals surface area contributed by atoms with E-state index in [-0.39, 0.29) is 11.5 Å². The lowest BCUT2D eigenvalue weighted by Crippen LogP contribution is -2.42. The fraction of sp³-hybridized carbons (Fsp3) is 0.619. The van der Waals surface area contributed by atoms with E-state index in [1.165, 1.54) is 0 Å². The minimum Gasteiger partial charge on any atom is -0.334 e. The van der Waals surface area contributed by atoms with E-state index >= 15 is 0 Å². The number of carbonyl (C=O) groups excluding carboxylic acids is 2. The van der Waals surface area contributed by atoms with Crippen LogP contribution in [0.1, 0.15) is 70.3 Å². The van der Waals surface area contributed by atoms with Crippen molar-refractivity contribution in [2.45, 2.75) is 65.8 Å². The molecule has 0 aliphatic heterocycles. The summed E-state index contributed by atoms with van der Waals surface area (Å²) < 4.78 is 0.854. The van der Waals surface area contributed by atoms with Gasteiger partial charge in [0.25, 0.3) is 5.91 Å². The van der Waals surface area contributed by atoms with Crippen LogP contribution in [0.5, 0.6) is 0 Å². The third-order valence-electron chi connectivity index (χ3n) is 4.76. The highest BCUT2D eigenvalue weighted by Crippen LogP contribution is 2.22. The molecule has 152 valence electrons. The number of carbonyl (C=O) groups is 2. The molecule has 27 heavy (non-hydrogen) atoms. The summed E-state index contributed by atoms with van der Waals surface area (Å²) in [6, 6.07) is 6.82. The van der Waals surface area contributed by atoms with Crippen LogP contribution in [0.25, 0.3) is 0 Å². The number of nitrogens with one attached hydrogen (secondary N) is 1. The zero-order chi connectivity index (χ0) is 20.6. The van der Waals surface area contributed by atoms with Gasteiger partial charge in [-0.25, -0.2) is 9.10 Å². The van der Waals surface area contributed by atoms with Crippen LogP contribution in [0.3, 0.4) is 0 Å². The number of amides is 3. The molecular weight excluding hydrogens is 358 g/mol. The van der Waals surface area contributed by atoms with Gasteiger partial charge in [-0.15, -0.1) is 0 Å². The second kappa shape index (κ2) is 10.7. The second-order valence-electron chi connectivity index (χ2n) is 7.96. The van der Waals surface area contributed by atoms with Crippen molar-refractivity contribution < 1.29 is 9.59 Å². The number of urea groups is 1. The summed E-state index contributed by atoms with van der Waals surface area (Å²) in [5.41, 5.74) is 1.60. The molecule has 3 amide bonds. The van der Waals surface area contributed by atoms with Crippen molar-refractivity contribution in [3.63, 3.8) is 0 Å². The first-order valence-corrected chi connectivity index (χ1v) is 10.2. The normalized spacial score (nSPS) is 12.7. The Labute approximate surface area is 170 Å². The van der Waals surface area contributed by atoms with Crippen molar-refractivity contribution in [2.24, 2.45) is 0 Å². The van der Waals surface area contributed by atoms with Gasteiger partial charge in [0.15, 0.2) is 0 Å². The highest BCUT2D eigenvalue weighted by atomic mass is 32.1. The minimum atomic E-state index is -0.487. The molecule has 6 heteroatoms. The summed E-state index contributed by atoms with van der Waals surface area (Å²) in [6.07, 6.45) is 1.86. The summed E-state index contributed by atoms with van der Waals surface area (Å²) >= 11 is 4.11. The van der Waals surface area contributed by atoms with Crippen LogP contribution in [0.4, 0.5) is 4.79 Å². The monoisotopic (exact) mass is 393 g/mol. The molecule has 1 aromatic rings. The maximum Gasteiger partial charge on any atom is 0.334 e. The van der Waals surface area contributed by atoms with E-state index < -0.39 is 11.9 Å². The summed E-state index contributed by atoms with van der Waals surface area (Å²) in [4.78, 5) is 27.2. The zero-order valence-electron chi connectivity index (χ0n) is 17.6. The van der Waals surface area contributed by atoms with Gasteiger partial charge in [0.1, 0.15) is 0 Å². The molecule has 5 nitrogen and oxygen atoms in total. The number of imide groups is 1. The number of hydrogen-bond acceptors (Lipinski definition) is 4. The van der Waals surface area contributed by atoms with Crippen molar-refractivity contribution in [3.05, 3.63) is 35.4 Å². The number of nitrogens with zero attached hydrogens (tertiary/aromatic N) is 2. The molecule has 0 bridgehead atoms. The Morgan fingerprint density at radius 1 is 1.11 bits per heavy atom. The molecule has 0 saturated carbocycles. The lowest BCUT2D eigenvalue weighted by Gasteiger charge is -2.22. The van der Waals surface area contributed by atoms with E-state index in [2.05, 4.69) is 57.7 Å². The van der Waals surface area contributed by atoms with Gasteiger partial charge in [-0.3, -0.25) is 4.79 Å². The highest BCUT2D eigenvalue weighted by Gasteiger charge is 2.22. The average Bonchev–Trinajstić information content (AvgIpc) is 2.63. The Morgan fingerprint density at radius 3 is 2.15 bits per heavy atom. The highest BCUT2D eigenvalue weighted by molar-refractivity contribution is 7.79. The molecule has 0 spiro atoms. The Hall–Kier alpha value is -1.53. The molecule has 0 heterocycles. The summed E-state index contributed by atoms with van der Waals surface area (Å²) in [6.45, 7) is 15.7. The van der Waals surface area contributed by atoms with Crippen molar-refractivity contribution in [2.75, 3.05) is 19.6 Å². The SMILES string of the molecule is CCN(CC)CCCC(C)NC(=O)N(S)C(=O)c1ccc(C(C)(C)C)cc1. The third kappa shape index (κ3) is 7.54. The van der Waals surface area contributed by atoms with Crippen molar-refractivity contribution in [1.29, 1.82) is 0 Å². The van der Waals surface area contributed by atoms with Gasteiger partial charge in [0, 0.05) is 11.6 Å². The van der Waals surface area contributed by atoms with Gasteiger partial charge in [0.2, 0.25) is 0 Å². The number of rotatable bonds is 8. The van der Waals surface area contributed by atoms with Crippen LogP contribution in [0.2, 0.25) is 0 Å². The van der Waals surface area contributed by atoms with Gasteiger partial charge in [0.05, 0.1) is 0 Å². The molecule has 0 fully saturated rings. The maximum absolute atomic E-state index is 12.5. The van der Waals surface area contributed by atoms with E-state index in [0.717, 1.165) is 42.3 Å². The lowest BCUT2D eigenvalue weighted by atomic mass is 9.87. The van der Waals surface area contributed by atoms with E-state index in [0.29, 0.717) is 5.56 Å². The Kier molecular flexibility index (Phi) is 9.33. The summed E-state index contributed by atoms with van der Waals surface area (Å²) in [5, 5.41) is 2.85. The standard InChI is InChI=1S/C21H35N3O2S/c1-7-23(8-2)15-9-10-16(3)22-20(26)24(27)19(25)17-11-13-18(14-12-17)21(4,5)6/h11-14,16,27H,7-10,15H2,1-6H3,(H,22,26). The topological polar surface area (TPSA) is 52.7 Å². The number of thiol groups is 1. The fourth-order valence-corrected chi connectivity index (χ4v) is 3.01. The van der Waals surface area contributed by atoms with E-state index in [4.69, 9.17) is 0 Å². The lowest BCUT2D eigenvalue weighted by molar-refractivity contribution is 0.0894. The van der Waals surface area contributed by atoms with Crippen molar-refractivity contribution >= 4 is 24.8 Å². The summed E-state index contributed by atoms with van der Waals surface area (Å²) in [7, 11) is 0. The Balaban J connectivity index is 2.56. The molecule has 1 N–H and O–H groups in total. The largest absolute Gasteiger partial charge is 0.334 e. The first-order chi connectivity index (χ1) is 12.6. The fourth-order valence-electron chi connectivity index (χ4n) is 2.83.